The van der Waals surface area contributed by atoms with Crippen LogP contribution in [0.1, 0.15) is 11.3 Å². The predicted molar refractivity (Wildman–Crippen MR) is 63.7 cm³/mol. The number of furan rings is 1. The van der Waals surface area contributed by atoms with Gasteiger partial charge in [0.05, 0.1) is 12.8 Å². The molecular weight excluding hydrogens is 206 g/mol. The Kier molecular flexibility index (Phi) is 3.15. The van der Waals surface area contributed by atoms with Gasteiger partial charge in [-0.15, -0.1) is 0 Å². The highest BCUT2D eigenvalue weighted by Crippen LogP contribution is 2.02. The molecule has 0 spiro atoms. The zero-order valence-electron chi connectivity index (χ0n) is 8.14. The van der Waals surface area contributed by atoms with Crippen molar-refractivity contribution in [3.05, 3.63) is 60.1 Å². The summed E-state index contributed by atoms with van der Waals surface area (Å²) in [4.78, 5) is 0.743. The van der Waals surface area contributed by atoms with E-state index in [2.05, 4.69) is 5.32 Å². The Bertz CT molecular complexity index is 422. The van der Waals surface area contributed by atoms with Crippen molar-refractivity contribution in [2.24, 2.45) is 0 Å². The first-order valence-electron chi connectivity index (χ1n) is 4.72. The highest BCUT2D eigenvalue weighted by Gasteiger charge is 2.00. The van der Waals surface area contributed by atoms with Crippen LogP contribution >= 0.6 is 12.2 Å². The Balaban J connectivity index is 1.94. The van der Waals surface area contributed by atoms with Gasteiger partial charge in [0.15, 0.2) is 0 Å². The molecule has 0 bridgehead atoms. The van der Waals surface area contributed by atoms with Crippen molar-refractivity contribution >= 4 is 17.2 Å². The van der Waals surface area contributed by atoms with Gasteiger partial charge >= 0.3 is 0 Å². The number of nitrogens with one attached hydrogen (secondary N) is 1. The second kappa shape index (κ2) is 4.75. The van der Waals surface area contributed by atoms with Gasteiger partial charge in [-0.3, -0.25) is 0 Å². The van der Waals surface area contributed by atoms with Gasteiger partial charge in [-0.2, -0.15) is 0 Å². The van der Waals surface area contributed by atoms with Gasteiger partial charge in [0.2, 0.25) is 0 Å². The molecule has 0 aliphatic carbocycles. The molecule has 0 radical (unpaired) electrons. The molecule has 0 atom stereocenters. The van der Waals surface area contributed by atoms with Crippen LogP contribution in [0.2, 0.25) is 0 Å². The molecule has 1 aromatic carbocycles. The van der Waals surface area contributed by atoms with E-state index in [1.54, 1.807) is 6.26 Å². The zero-order valence-corrected chi connectivity index (χ0v) is 8.96. The number of thiocarbonyl (C=S) groups is 1. The number of hydrogen-bond acceptors (Lipinski definition) is 2. The molecule has 3 heteroatoms. The highest BCUT2D eigenvalue weighted by atomic mass is 32.1. The Morgan fingerprint density at radius 3 is 2.60 bits per heavy atom. The summed E-state index contributed by atoms with van der Waals surface area (Å²) in [5.74, 6) is 0.883. The monoisotopic (exact) mass is 217 g/mol. The van der Waals surface area contributed by atoms with Gasteiger partial charge in [0.25, 0.3) is 0 Å². The molecule has 1 heterocycles. The molecular formula is C12H11NOS. The lowest BCUT2D eigenvalue weighted by molar-refractivity contribution is 0.504. The summed E-state index contributed by atoms with van der Waals surface area (Å²) < 4.78 is 5.20. The molecule has 2 nitrogen and oxygen atoms in total. The van der Waals surface area contributed by atoms with E-state index in [1.807, 2.05) is 42.5 Å². The molecule has 0 fully saturated rings. The third-order valence-electron chi connectivity index (χ3n) is 2.04. The van der Waals surface area contributed by atoms with Crippen molar-refractivity contribution in [3.63, 3.8) is 0 Å². The molecule has 0 unspecified atom stereocenters. The van der Waals surface area contributed by atoms with Gasteiger partial charge in [-0.05, 0) is 12.1 Å². The molecule has 76 valence electrons. The first kappa shape index (κ1) is 9.93. The third kappa shape index (κ3) is 2.67. The van der Waals surface area contributed by atoms with Crippen molar-refractivity contribution in [2.45, 2.75) is 6.54 Å². The van der Waals surface area contributed by atoms with Crippen LogP contribution in [0.4, 0.5) is 0 Å². The number of hydrogen-bond donors (Lipinski definition) is 1. The topological polar surface area (TPSA) is 25.2 Å². The summed E-state index contributed by atoms with van der Waals surface area (Å²) >= 11 is 5.24. The largest absolute Gasteiger partial charge is 0.467 e. The summed E-state index contributed by atoms with van der Waals surface area (Å²) in [6, 6.07) is 13.7. The van der Waals surface area contributed by atoms with E-state index in [1.165, 1.54) is 0 Å². The molecule has 0 amide bonds. The first-order valence-corrected chi connectivity index (χ1v) is 5.13. The minimum absolute atomic E-state index is 0.626. The summed E-state index contributed by atoms with van der Waals surface area (Å²) in [6.07, 6.45) is 1.66. The van der Waals surface area contributed by atoms with Gasteiger partial charge < -0.3 is 9.73 Å². The average Bonchev–Trinajstić information content (AvgIpc) is 2.80. The van der Waals surface area contributed by atoms with Crippen LogP contribution < -0.4 is 5.32 Å². The maximum atomic E-state index is 5.24. The number of rotatable bonds is 3. The zero-order chi connectivity index (χ0) is 10.5. The molecule has 0 aliphatic rings. The lowest BCUT2D eigenvalue weighted by atomic mass is 10.2. The van der Waals surface area contributed by atoms with Crippen molar-refractivity contribution in [2.75, 3.05) is 0 Å². The van der Waals surface area contributed by atoms with Crippen LogP contribution in [0.5, 0.6) is 0 Å². The van der Waals surface area contributed by atoms with Crippen LogP contribution in [0, 0.1) is 0 Å². The molecule has 2 aromatic rings. The van der Waals surface area contributed by atoms with Crippen molar-refractivity contribution in [3.8, 4) is 0 Å². The lowest BCUT2D eigenvalue weighted by Crippen LogP contribution is -2.21. The fourth-order valence-electron chi connectivity index (χ4n) is 1.27. The second-order valence-electron chi connectivity index (χ2n) is 3.13. The van der Waals surface area contributed by atoms with E-state index in [0.717, 1.165) is 16.3 Å². The summed E-state index contributed by atoms with van der Waals surface area (Å²) in [7, 11) is 0. The SMILES string of the molecule is S=C(NCc1ccco1)c1ccccc1. The van der Waals surface area contributed by atoms with E-state index in [4.69, 9.17) is 16.6 Å². The van der Waals surface area contributed by atoms with Gasteiger partial charge in [0.1, 0.15) is 10.7 Å². The fourth-order valence-corrected chi connectivity index (χ4v) is 1.48. The fraction of sp³-hybridized carbons (Fsp3) is 0.0833. The van der Waals surface area contributed by atoms with Gasteiger partial charge in [0, 0.05) is 5.56 Å². The molecule has 1 N–H and O–H groups in total. The van der Waals surface area contributed by atoms with E-state index in [0.29, 0.717) is 6.54 Å². The van der Waals surface area contributed by atoms with E-state index in [9.17, 15) is 0 Å². The van der Waals surface area contributed by atoms with Gasteiger partial charge in [-0.1, -0.05) is 42.5 Å². The lowest BCUT2D eigenvalue weighted by Gasteiger charge is -2.05. The average molecular weight is 217 g/mol. The molecule has 1 aromatic heterocycles. The van der Waals surface area contributed by atoms with Crippen molar-refractivity contribution < 1.29 is 4.42 Å². The summed E-state index contributed by atoms with van der Waals surface area (Å²) in [5.41, 5.74) is 1.03. The van der Waals surface area contributed by atoms with E-state index >= 15 is 0 Å². The summed E-state index contributed by atoms with van der Waals surface area (Å²) in [5, 5.41) is 3.14. The van der Waals surface area contributed by atoms with E-state index in [-0.39, 0.29) is 0 Å². The third-order valence-corrected chi connectivity index (χ3v) is 2.42. The van der Waals surface area contributed by atoms with Crippen molar-refractivity contribution in [1.82, 2.24) is 5.32 Å². The Hall–Kier alpha value is -1.61. The van der Waals surface area contributed by atoms with Gasteiger partial charge in [-0.25, -0.2) is 0 Å². The van der Waals surface area contributed by atoms with Crippen LogP contribution in [-0.2, 0) is 6.54 Å². The normalized spacial score (nSPS) is 9.87. The molecule has 0 saturated heterocycles. The van der Waals surface area contributed by atoms with Crippen molar-refractivity contribution in [1.29, 1.82) is 0 Å². The maximum Gasteiger partial charge on any atom is 0.122 e. The van der Waals surface area contributed by atoms with Crippen LogP contribution in [-0.4, -0.2) is 4.99 Å². The first-order chi connectivity index (χ1) is 7.36. The molecule has 15 heavy (non-hydrogen) atoms. The van der Waals surface area contributed by atoms with Crippen LogP contribution in [0.25, 0.3) is 0 Å². The minimum atomic E-state index is 0.626. The highest BCUT2D eigenvalue weighted by molar-refractivity contribution is 7.80. The quantitative estimate of drug-likeness (QED) is 0.800. The van der Waals surface area contributed by atoms with Crippen LogP contribution in [0.15, 0.2) is 53.1 Å². The van der Waals surface area contributed by atoms with Crippen LogP contribution in [0.3, 0.4) is 0 Å². The van der Waals surface area contributed by atoms with E-state index < -0.39 is 0 Å². The Morgan fingerprint density at radius 1 is 1.13 bits per heavy atom. The maximum absolute atomic E-state index is 5.24. The second-order valence-corrected chi connectivity index (χ2v) is 3.54. The molecule has 2 rings (SSSR count). The molecule has 0 saturated carbocycles. The predicted octanol–water partition coefficient (Wildman–Crippen LogP) is 2.74. The Morgan fingerprint density at radius 2 is 1.93 bits per heavy atom. The summed E-state index contributed by atoms with van der Waals surface area (Å²) in [6.45, 7) is 0.626. The molecule has 0 aliphatic heterocycles. The standard InChI is InChI=1S/C12H11NOS/c15-12(10-5-2-1-3-6-10)13-9-11-7-4-8-14-11/h1-8H,9H2,(H,13,15). The number of benzene rings is 1. The Labute approximate surface area is 93.9 Å². The minimum Gasteiger partial charge on any atom is -0.467 e. The smallest absolute Gasteiger partial charge is 0.122 e.